The van der Waals surface area contributed by atoms with Gasteiger partial charge in [-0.3, -0.25) is 4.79 Å². The van der Waals surface area contributed by atoms with Crippen LogP contribution in [0.1, 0.15) is 5.56 Å². The zero-order valence-electron chi connectivity index (χ0n) is 16.7. The summed E-state index contributed by atoms with van der Waals surface area (Å²) in [6.07, 6.45) is 1.40. The molecule has 0 amide bonds. The standard InChI is InChI=1S/C23H17ClFN3O3/c1-30-20-9-6-15(11-21(20)31-2)22-27-19-12-16(24)7-8-18(19)23(29)28(22)26-13-14-4-3-5-17(25)10-14/h3-13H,1-2H3. The molecule has 0 bridgehead atoms. The second-order valence-electron chi connectivity index (χ2n) is 6.58. The summed E-state index contributed by atoms with van der Waals surface area (Å²) in [4.78, 5) is 17.9. The molecule has 31 heavy (non-hydrogen) atoms. The van der Waals surface area contributed by atoms with Gasteiger partial charge in [0.1, 0.15) is 5.82 Å². The van der Waals surface area contributed by atoms with Crippen LogP contribution in [-0.2, 0) is 0 Å². The van der Waals surface area contributed by atoms with Crippen molar-refractivity contribution in [3.8, 4) is 22.9 Å². The highest BCUT2D eigenvalue weighted by Gasteiger charge is 2.15. The zero-order chi connectivity index (χ0) is 22.0. The van der Waals surface area contributed by atoms with Crippen molar-refractivity contribution in [2.45, 2.75) is 0 Å². The van der Waals surface area contributed by atoms with Crippen molar-refractivity contribution in [3.63, 3.8) is 0 Å². The zero-order valence-corrected chi connectivity index (χ0v) is 17.4. The van der Waals surface area contributed by atoms with Gasteiger partial charge in [-0.25, -0.2) is 9.37 Å². The van der Waals surface area contributed by atoms with E-state index in [2.05, 4.69) is 10.1 Å². The van der Waals surface area contributed by atoms with E-state index in [4.69, 9.17) is 21.1 Å². The Bertz CT molecular complexity index is 1370. The SMILES string of the molecule is COc1ccc(-c2nc3cc(Cl)ccc3c(=O)n2N=Cc2cccc(F)c2)cc1OC. The molecule has 4 aromatic rings. The first-order valence-corrected chi connectivity index (χ1v) is 9.62. The fourth-order valence-corrected chi connectivity index (χ4v) is 3.30. The quantitative estimate of drug-likeness (QED) is 0.422. The van der Waals surface area contributed by atoms with Gasteiger partial charge in [-0.05, 0) is 54.1 Å². The molecule has 3 aromatic carbocycles. The van der Waals surface area contributed by atoms with Gasteiger partial charge in [0, 0.05) is 10.6 Å². The van der Waals surface area contributed by atoms with Crippen LogP contribution in [0, 0.1) is 5.82 Å². The maximum absolute atomic E-state index is 13.5. The second-order valence-corrected chi connectivity index (χ2v) is 7.02. The maximum Gasteiger partial charge on any atom is 0.282 e. The van der Waals surface area contributed by atoms with Crippen LogP contribution in [0.15, 0.2) is 70.6 Å². The molecule has 6 nitrogen and oxygen atoms in total. The summed E-state index contributed by atoms with van der Waals surface area (Å²) in [7, 11) is 3.05. The van der Waals surface area contributed by atoms with Gasteiger partial charge in [0.15, 0.2) is 17.3 Å². The van der Waals surface area contributed by atoms with Crippen molar-refractivity contribution < 1.29 is 13.9 Å². The van der Waals surface area contributed by atoms with Gasteiger partial charge < -0.3 is 9.47 Å². The summed E-state index contributed by atoms with van der Waals surface area (Å²) in [5.41, 5.74) is 1.12. The second kappa shape index (κ2) is 8.57. The van der Waals surface area contributed by atoms with Crippen molar-refractivity contribution in [1.82, 2.24) is 9.66 Å². The van der Waals surface area contributed by atoms with Crippen molar-refractivity contribution in [3.05, 3.63) is 87.4 Å². The number of hydrogen-bond donors (Lipinski definition) is 0. The van der Waals surface area contributed by atoms with Gasteiger partial charge in [-0.2, -0.15) is 9.78 Å². The fraction of sp³-hybridized carbons (Fsp3) is 0.0870. The van der Waals surface area contributed by atoms with Crippen LogP contribution in [0.25, 0.3) is 22.3 Å². The van der Waals surface area contributed by atoms with Crippen LogP contribution in [0.4, 0.5) is 4.39 Å². The average Bonchev–Trinajstić information content (AvgIpc) is 2.77. The molecule has 0 unspecified atom stereocenters. The Balaban J connectivity index is 1.96. The van der Waals surface area contributed by atoms with Crippen LogP contribution < -0.4 is 15.0 Å². The molecule has 0 aliphatic rings. The lowest BCUT2D eigenvalue weighted by molar-refractivity contribution is 0.355. The van der Waals surface area contributed by atoms with Gasteiger partial charge in [0.25, 0.3) is 5.56 Å². The van der Waals surface area contributed by atoms with Crippen molar-refractivity contribution >= 4 is 28.7 Å². The lowest BCUT2D eigenvalue weighted by Gasteiger charge is -2.12. The molecular weight excluding hydrogens is 421 g/mol. The molecule has 0 radical (unpaired) electrons. The highest BCUT2D eigenvalue weighted by Crippen LogP contribution is 2.32. The summed E-state index contributed by atoms with van der Waals surface area (Å²) in [6.45, 7) is 0. The molecule has 0 spiro atoms. The number of benzene rings is 3. The van der Waals surface area contributed by atoms with Gasteiger partial charge in [0.2, 0.25) is 0 Å². The Morgan fingerprint density at radius 3 is 2.58 bits per heavy atom. The molecule has 0 fully saturated rings. The minimum atomic E-state index is -0.400. The van der Waals surface area contributed by atoms with E-state index in [0.29, 0.717) is 38.6 Å². The molecule has 8 heteroatoms. The summed E-state index contributed by atoms with van der Waals surface area (Å²) < 4.78 is 25.4. The molecule has 1 heterocycles. The maximum atomic E-state index is 13.5. The first-order chi connectivity index (χ1) is 15.0. The highest BCUT2D eigenvalue weighted by molar-refractivity contribution is 6.31. The average molecular weight is 438 g/mol. The summed E-state index contributed by atoms with van der Waals surface area (Å²) in [6, 6.07) is 15.9. The molecule has 0 aliphatic carbocycles. The van der Waals surface area contributed by atoms with Crippen molar-refractivity contribution in [2.24, 2.45) is 5.10 Å². The van der Waals surface area contributed by atoms with Crippen LogP contribution in [0.2, 0.25) is 5.02 Å². The molecule has 0 N–H and O–H groups in total. The predicted molar refractivity (Wildman–Crippen MR) is 119 cm³/mol. The molecule has 0 aliphatic heterocycles. The number of fused-ring (bicyclic) bond motifs is 1. The van der Waals surface area contributed by atoms with E-state index in [9.17, 15) is 9.18 Å². The van der Waals surface area contributed by atoms with E-state index in [0.717, 1.165) is 0 Å². The number of aromatic nitrogens is 2. The Kier molecular flexibility index (Phi) is 5.68. The normalized spacial score (nSPS) is 11.2. The van der Waals surface area contributed by atoms with Gasteiger partial charge >= 0.3 is 0 Å². The summed E-state index contributed by atoms with van der Waals surface area (Å²) >= 11 is 6.10. The fourth-order valence-electron chi connectivity index (χ4n) is 3.13. The van der Waals surface area contributed by atoms with E-state index < -0.39 is 5.82 Å². The lowest BCUT2D eigenvalue weighted by Crippen LogP contribution is -2.20. The summed E-state index contributed by atoms with van der Waals surface area (Å²) in [5, 5.41) is 5.12. The highest BCUT2D eigenvalue weighted by atomic mass is 35.5. The molecule has 4 rings (SSSR count). The van der Waals surface area contributed by atoms with E-state index in [1.54, 1.807) is 48.5 Å². The molecule has 0 atom stereocenters. The van der Waals surface area contributed by atoms with Crippen LogP contribution in [0.5, 0.6) is 11.5 Å². The van der Waals surface area contributed by atoms with Gasteiger partial charge in [-0.15, -0.1) is 0 Å². The van der Waals surface area contributed by atoms with Crippen LogP contribution >= 0.6 is 11.6 Å². The third-order valence-corrected chi connectivity index (χ3v) is 4.86. The Morgan fingerprint density at radius 2 is 1.84 bits per heavy atom. The number of hydrogen-bond acceptors (Lipinski definition) is 5. The number of rotatable bonds is 5. The topological polar surface area (TPSA) is 65.7 Å². The molecule has 0 saturated carbocycles. The van der Waals surface area contributed by atoms with Crippen molar-refractivity contribution in [2.75, 3.05) is 14.2 Å². The third-order valence-electron chi connectivity index (χ3n) is 4.62. The van der Waals surface area contributed by atoms with E-state index >= 15 is 0 Å². The van der Waals surface area contributed by atoms with E-state index in [1.165, 1.54) is 37.2 Å². The molecule has 0 saturated heterocycles. The van der Waals surface area contributed by atoms with E-state index in [1.807, 2.05) is 0 Å². The third kappa shape index (κ3) is 4.13. The molecule has 1 aromatic heterocycles. The Labute approximate surface area is 182 Å². The largest absolute Gasteiger partial charge is 0.493 e. The minimum Gasteiger partial charge on any atom is -0.493 e. The minimum absolute atomic E-state index is 0.272. The molecule has 156 valence electrons. The Morgan fingerprint density at radius 1 is 1.03 bits per heavy atom. The van der Waals surface area contributed by atoms with Gasteiger partial charge in [0.05, 0.1) is 31.3 Å². The predicted octanol–water partition coefficient (Wildman–Crippen LogP) is 4.76. The molecular formula is C23H17ClFN3O3. The van der Waals surface area contributed by atoms with Crippen molar-refractivity contribution in [1.29, 1.82) is 0 Å². The monoisotopic (exact) mass is 437 g/mol. The number of nitrogens with zero attached hydrogens (tertiary/aromatic N) is 3. The first-order valence-electron chi connectivity index (χ1n) is 9.25. The first kappa shape index (κ1) is 20.6. The smallest absolute Gasteiger partial charge is 0.282 e. The van der Waals surface area contributed by atoms with Crippen LogP contribution in [-0.4, -0.2) is 30.1 Å². The lowest BCUT2D eigenvalue weighted by atomic mass is 10.1. The van der Waals surface area contributed by atoms with Gasteiger partial charge in [-0.1, -0.05) is 23.7 Å². The Hall–Kier alpha value is -3.71. The number of halogens is 2. The summed E-state index contributed by atoms with van der Waals surface area (Å²) in [5.74, 6) is 0.879. The van der Waals surface area contributed by atoms with Crippen LogP contribution in [0.3, 0.4) is 0 Å². The number of ether oxygens (including phenoxy) is 2. The number of methoxy groups -OCH3 is 2. The van der Waals surface area contributed by atoms with E-state index in [-0.39, 0.29) is 11.4 Å².